The average molecular weight is 443 g/mol. The minimum Gasteiger partial charge on any atom is -0.484 e. The molecular formula is C24H31ClN4O2. The number of hydrogen-bond donors (Lipinski definition) is 1. The minimum absolute atomic E-state index is 0.0748. The molecule has 2 aromatic carbocycles. The molecule has 2 aromatic rings. The molecule has 1 amide bonds. The van der Waals surface area contributed by atoms with Crippen molar-refractivity contribution in [3.05, 3.63) is 52.5 Å². The maximum Gasteiger partial charge on any atom is 0.277 e. The predicted octanol–water partition coefficient (Wildman–Crippen LogP) is 4.66. The van der Waals surface area contributed by atoms with Gasteiger partial charge in [-0.3, -0.25) is 4.79 Å². The van der Waals surface area contributed by atoms with Gasteiger partial charge in [0.05, 0.1) is 11.2 Å². The summed E-state index contributed by atoms with van der Waals surface area (Å²) >= 11 is 6.50. The van der Waals surface area contributed by atoms with Crippen LogP contribution in [0.3, 0.4) is 0 Å². The van der Waals surface area contributed by atoms with E-state index in [0.717, 1.165) is 23.4 Å². The second kappa shape index (κ2) is 9.18. The lowest BCUT2D eigenvalue weighted by molar-refractivity contribution is -0.123. The molecule has 0 saturated heterocycles. The third-order valence-electron chi connectivity index (χ3n) is 5.85. The summed E-state index contributed by atoms with van der Waals surface area (Å²) in [5.74, 6) is 0.700. The second-order valence-electron chi connectivity index (χ2n) is 8.88. The van der Waals surface area contributed by atoms with E-state index in [1.165, 1.54) is 5.56 Å². The number of nitrogens with one attached hydrogen (secondary N) is 1. The van der Waals surface area contributed by atoms with E-state index in [-0.39, 0.29) is 18.1 Å². The van der Waals surface area contributed by atoms with Crippen molar-refractivity contribution in [3.8, 4) is 5.75 Å². The Balaban J connectivity index is 1.63. The van der Waals surface area contributed by atoms with Gasteiger partial charge in [0, 0.05) is 49.7 Å². The molecule has 0 bridgehead atoms. The van der Waals surface area contributed by atoms with Crippen molar-refractivity contribution < 1.29 is 9.53 Å². The molecule has 1 aliphatic heterocycles. The number of ether oxygens (including phenoxy) is 1. The average Bonchev–Trinajstić information content (AvgIpc) is 2.71. The number of amides is 1. The number of rotatable bonds is 6. The summed E-state index contributed by atoms with van der Waals surface area (Å²) in [7, 11) is 6.00. The van der Waals surface area contributed by atoms with E-state index in [1.807, 2.05) is 49.3 Å². The van der Waals surface area contributed by atoms with Crippen molar-refractivity contribution in [2.45, 2.75) is 38.6 Å². The Morgan fingerprint density at radius 2 is 2.10 bits per heavy atom. The number of carbonyl (C=O) groups is 1. The van der Waals surface area contributed by atoms with Gasteiger partial charge in [-0.1, -0.05) is 24.6 Å². The lowest BCUT2D eigenvalue weighted by Crippen LogP contribution is -2.45. The molecule has 0 fully saturated rings. The molecule has 1 atom stereocenters. The van der Waals surface area contributed by atoms with E-state index in [1.54, 1.807) is 6.21 Å². The molecule has 166 valence electrons. The number of nitrogens with zero attached hydrogens (tertiary/aromatic N) is 3. The van der Waals surface area contributed by atoms with Gasteiger partial charge in [-0.2, -0.15) is 5.10 Å². The fourth-order valence-electron chi connectivity index (χ4n) is 3.91. The molecule has 0 spiro atoms. The van der Waals surface area contributed by atoms with E-state index in [0.29, 0.717) is 16.7 Å². The molecule has 31 heavy (non-hydrogen) atoms. The van der Waals surface area contributed by atoms with Gasteiger partial charge in [0.2, 0.25) is 0 Å². The summed E-state index contributed by atoms with van der Waals surface area (Å²) < 4.78 is 5.56. The molecule has 0 saturated carbocycles. The first-order chi connectivity index (χ1) is 14.6. The van der Waals surface area contributed by atoms with Gasteiger partial charge in [0.25, 0.3) is 5.91 Å². The lowest BCUT2D eigenvalue weighted by Gasteiger charge is -2.45. The first-order valence-electron chi connectivity index (χ1n) is 10.4. The van der Waals surface area contributed by atoms with E-state index in [4.69, 9.17) is 16.3 Å². The maximum atomic E-state index is 12.1. The summed E-state index contributed by atoms with van der Waals surface area (Å²) in [5, 5.41) is 4.67. The molecule has 7 heteroatoms. The van der Waals surface area contributed by atoms with Crippen molar-refractivity contribution in [2.75, 3.05) is 37.5 Å². The van der Waals surface area contributed by atoms with Gasteiger partial charge in [0.1, 0.15) is 5.75 Å². The van der Waals surface area contributed by atoms with Gasteiger partial charge in [-0.15, -0.1) is 0 Å². The zero-order valence-corrected chi connectivity index (χ0v) is 19.8. The molecule has 1 aliphatic rings. The van der Waals surface area contributed by atoms with Crippen molar-refractivity contribution in [2.24, 2.45) is 5.10 Å². The topological polar surface area (TPSA) is 57.2 Å². The zero-order valence-electron chi connectivity index (χ0n) is 19.1. The molecule has 1 heterocycles. The third-order valence-corrected chi connectivity index (χ3v) is 6.18. The second-order valence-corrected chi connectivity index (χ2v) is 9.29. The van der Waals surface area contributed by atoms with Crippen LogP contribution >= 0.6 is 11.6 Å². The maximum absolute atomic E-state index is 12.1. The fourth-order valence-corrected chi connectivity index (χ4v) is 4.12. The highest BCUT2D eigenvalue weighted by atomic mass is 35.5. The minimum atomic E-state index is -0.338. The van der Waals surface area contributed by atoms with Gasteiger partial charge in [-0.25, -0.2) is 5.43 Å². The number of carbonyl (C=O) groups excluding carboxylic acids is 1. The molecule has 0 aromatic heterocycles. The van der Waals surface area contributed by atoms with Crippen LogP contribution in [0.1, 0.15) is 44.2 Å². The molecule has 1 N–H and O–H groups in total. The van der Waals surface area contributed by atoms with Crippen LogP contribution in [0.4, 0.5) is 11.4 Å². The Morgan fingerprint density at radius 1 is 1.35 bits per heavy atom. The molecule has 1 unspecified atom stereocenters. The van der Waals surface area contributed by atoms with Crippen LogP contribution < -0.4 is 20.0 Å². The highest BCUT2D eigenvalue weighted by Gasteiger charge is 2.34. The zero-order chi connectivity index (χ0) is 22.8. The monoisotopic (exact) mass is 442 g/mol. The van der Waals surface area contributed by atoms with Crippen LogP contribution in [0.25, 0.3) is 0 Å². The summed E-state index contributed by atoms with van der Waals surface area (Å²) in [4.78, 5) is 16.4. The standard InChI is InChI=1S/C24H31ClN4O2/c1-16-13-24(2,3)29(6)22-12-21(25)17(10-20(16)22)14-26-27-23(30)15-31-19-9-7-8-18(11-19)28(4)5/h7-12,14,16H,13,15H2,1-6H3,(H,27,30)/b26-14+. The van der Waals surface area contributed by atoms with Crippen molar-refractivity contribution >= 4 is 35.1 Å². The Kier molecular flexibility index (Phi) is 6.80. The molecule has 6 nitrogen and oxygen atoms in total. The third kappa shape index (κ3) is 5.31. The van der Waals surface area contributed by atoms with E-state index in [9.17, 15) is 4.79 Å². The number of hydrazone groups is 1. The van der Waals surface area contributed by atoms with Crippen LogP contribution in [-0.2, 0) is 4.79 Å². The number of hydrogen-bond acceptors (Lipinski definition) is 5. The van der Waals surface area contributed by atoms with Gasteiger partial charge in [-0.05, 0) is 56.0 Å². The van der Waals surface area contributed by atoms with Crippen molar-refractivity contribution in [1.29, 1.82) is 0 Å². The fraction of sp³-hybridized carbons (Fsp3) is 0.417. The number of halogens is 1. The Labute approximate surface area is 189 Å². The van der Waals surface area contributed by atoms with Crippen LogP contribution in [0, 0.1) is 0 Å². The number of benzene rings is 2. The molecular weight excluding hydrogens is 412 g/mol. The number of fused-ring (bicyclic) bond motifs is 1. The van der Waals surface area contributed by atoms with Gasteiger partial charge >= 0.3 is 0 Å². The molecule has 3 rings (SSSR count). The largest absolute Gasteiger partial charge is 0.484 e. The smallest absolute Gasteiger partial charge is 0.277 e. The Hall–Kier alpha value is -2.73. The quantitative estimate of drug-likeness (QED) is 0.522. The van der Waals surface area contributed by atoms with Gasteiger partial charge < -0.3 is 14.5 Å². The Bertz CT molecular complexity index is 988. The van der Waals surface area contributed by atoms with Gasteiger partial charge in [0.15, 0.2) is 6.61 Å². The highest BCUT2D eigenvalue weighted by molar-refractivity contribution is 6.33. The molecule has 0 radical (unpaired) electrons. The first kappa shape index (κ1) is 22.9. The summed E-state index contributed by atoms with van der Waals surface area (Å²) in [6.45, 7) is 6.59. The van der Waals surface area contributed by atoms with Crippen LogP contribution in [-0.4, -0.2) is 45.4 Å². The van der Waals surface area contributed by atoms with Crippen LogP contribution in [0.5, 0.6) is 5.75 Å². The lowest BCUT2D eigenvalue weighted by atomic mass is 9.80. The van der Waals surface area contributed by atoms with Crippen molar-refractivity contribution in [3.63, 3.8) is 0 Å². The Morgan fingerprint density at radius 3 is 2.81 bits per heavy atom. The summed E-state index contributed by atoms with van der Waals surface area (Å²) in [6.07, 6.45) is 2.64. The van der Waals surface area contributed by atoms with E-state index in [2.05, 4.69) is 49.3 Å². The first-order valence-corrected chi connectivity index (χ1v) is 10.8. The summed E-state index contributed by atoms with van der Waals surface area (Å²) in [5.41, 5.74) is 6.74. The van der Waals surface area contributed by atoms with E-state index >= 15 is 0 Å². The highest BCUT2D eigenvalue weighted by Crippen LogP contribution is 2.44. The van der Waals surface area contributed by atoms with Crippen LogP contribution in [0.2, 0.25) is 5.02 Å². The predicted molar refractivity (Wildman–Crippen MR) is 129 cm³/mol. The van der Waals surface area contributed by atoms with Crippen molar-refractivity contribution in [1.82, 2.24) is 5.43 Å². The van der Waals surface area contributed by atoms with Crippen LogP contribution in [0.15, 0.2) is 41.5 Å². The summed E-state index contributed by atoms with van der Waals surface area (Å²) in [6, 6.07) is 11.6. The SMILES string of the molecule is CC1CC(C)(C)N(C)c2cc(Cl)c(/C=N/NC(=O)COc3cccc(N(C)C)c3)cc21. The normalized spacial score (nSPS) is 17.4. The van der Waals surface area contributed by atoms with E-state index < -0.39 is 0 Å². The number of anilines is 2. The molecule has 0 aliphatic carbocycles.